The SMILES string of the molecule is CC(C)NC1(CO)CCCC1CCN1CC(C)OCC1C. The van der Waals surface area contributed by atoms with E-state index in [1.165, 1.54) is 19.3 Å². The Morgan fingerprint density at radius 2 is 2.14 bits per heavy atom. The molecule has 4 atom stereocenters. The minimum atomic E-state index is -0.0463. The van der Waals surface area contributed by atoms with E-state index in [1.54, 1.807) is 0 Å². The zero-order chi connectivity index (χ0) is 15.5. The van der Waals surface area contributed by atoms with Crippen LogP contribution in [0.1, 0.15) is 53.4 Å². The van der Waals surface area contributed by atoms with Crippen LogP contribution < -0.4 is 5.32 Å². The molecule has 2 rings (SSSR count). The van der Waals surface area contributed by atoms with E-state index in [0.717, 1.165) is 26.1 Å². The van der Waals surface area contributed by atoms with Crippen molar-refractivity contribution in [1.82, 2.24) is 10.2 Å². The molecule has 124 valence electrons. The highest BCUT2D eigenvalue weighted by Crippen LogP contribution is 2.38. The molecule has 0 aromatic rings. The molecular formula is C17H34N2O2. The van der Waals surface area contributed by atoms with Crippen LogP contribution in [0.3, 0.4) is 0 Å². The third kappa shape index (κ3) is 4.19. The second-order valence-electron chi connectivity index (χ2n) is 7.48. The van der Waals surface area contributed by atoms with Crippen molar-refractivity contribution in [2.45, 2.75) is 77.1 Å². The molecule has 0 spiro atoms. The number of nitrogens with zero attached hydrogens (tertiary/aromatic N) is 1. The first-order chi connectivity index (χ1) is 9.97. The van der Waals surface area contributed by atoms with E-state index in [0.29, 0.717) is 24.1 Å². The van der Waals surface area contributed by atoms with Crippen molar-refractivity contribution in [3.8, 4) is 0 Å². The van der Waals surface area contributed by atoms with Crippen LogP contribution in [0.4, 0.5) is 0 Å². The monoisotopic (exact) mass is 298 g/mol. The quantitative estimate of drug-likeness (QED) is 0.787. The fourth-order valence-electron chi connectivity index (χ4n) is 4.19. The summed E-state index contributed by atoms with van der Waals surface area (Å²) >= 11 is 0. The lowest BCUT2D eigenvalue weighted by Gasteiger charge is -2.40. The second-order valence-corrected chi connectivity index (χ2v) is 7.48. The van der Waals surface area contributed by atoms with Crippen molar-refractivity contribution in [2.24, 2.45) is 5.92 Å². The van der Waals surface area contributed by atoms with Crippen LogP contribution in [-0.2, 0) is 4.74 Å². The van der Waals surface area contributed by atoms with Crippen molar-refractivity contribution in [2.75, 3.05) is 26.3 Å². The molecule has 2 N–H and O–H groups in total. The lowest BCUT2D eigenvalue weighted by atomic mass is 9.84. The summed E-state index contributed by atoms with van der Waals surface area (Å²) in [6.07, 6.45) is 5.12. The van der Waals surface area contributed by atoms with Gasteiger partial charge in [0.05, 0.1) is 19.3 Å². The molecular weight excluding hydrogens is 264 g/mol. The van der Waals surface area contributed by atoms with Gasteiger partial charge in [0.1, 0.15) is 0 Å². The molecule has 2 fully saturated rings. The molecule has 0 amide bonds. The smallest absolute Gasteiger partial charge is 0.0674 e. The molecule has 0 radical (unpaired) electrons. The summed E-state index contributed by atoms with van der Waals surface area (Å²) in [5.74, 6) is 0.593. The largest absolute Gasteiger partial charge is 0.394 e. The maximum atomic E-state index is 9.97. The average molecular weight is 298 g/mol. The van der Waals surface area contributed by atoms with Crippen LogP contribution in [0.15, 0.2) is 0 Å². The third-order valence-corrected chi connectivity index (χ3v) is 5.32. The molecule has 1 saturated heterocycles. The number of hydrogen-bond acceptors (Lipinski definition) is 4. The van der Waals surface area contributed by atoms with Crippen molar-refractivity contribution >= 4 is 0 Å². The first-order valence-corrected chi connectivity index (χ1v) is 8.71. The topological polar surface area (TPSA) is 44.7 Å². The third-order valence-electron chi connectivity index (χ3n) is 5.32. The molecule has 1 aliphatic heterocycles. The van der Waals surface area contributed by atoms with Gasteiger partial charge >= 0.3 is 0 Å². The van der Waals surface area contributed by atoms with Gasteiger partial charge < -0.3 is 15.2 Å². The van der Waals surface area contributed by atoms with Crippen LogP contribution >= 0.6 is 0 Å². The summed E-state index contributed by atoms with van der Waals surface area (Å²) in [5, 5.41) is 13.6. The Kier molecular flexibility index (Phi) is 6.06. The summed E-state index contributed by atoms with van der Waals surface area (Å²) in [4.78, 5) is 2.56. The Balaban J connectivity index is 1.91. The Hall–Kier alpha value is -0.160. The van der Waals surface area contributed by atoms with Gasteiger partial charge in [-0.1, -0.05) is 20.3 Å². The first kappa shape index (κ1) is 17.2. The van der Waals surface area contributed by atoms with Gasteiger partial charge in [0.15, 0.2) is 0 Å². The molecule has 0 aromatic carbocycles. The summed E-state index contributed by atoms with van der Waals surface area (Å²) in [6, 6.07) is 0.948. The average Bonchev–Trinajstić information content (AvgIpc) is 2.82. The molecule has 0 bridgehead atoms. The Bertz CT molecular complexity index is 324. The van der Waals surface area contributed by atoms with E-state index in [1.807, 2.05) is 0 Å². The maximum absolute atomic E-state index is 9.97. The molecule has 4 heteroatoms. The van der Waals surface area contributed by atoms with Gasteiger partial charge in [-0.2, -0.15) is 0 Å². The Morgan fingerprint density at radius 1 is 1.38 bits per heavy atom. The van der Waals surface area contributed by atoms with Crippen LogP contribution in [0.2, 0.25) is 0 Å². The van der Waals surface area contributed by atoms with Gasteiger partial charge in [0.2, 0.25) is 0 Å². The summed E-state index contributed by atoms with van der Waals surface area (Å²) in [5.41, 5.74) is -0.0463. The highest BCUT2D eigenvalue weighted by molar-refractivity contribution is 5.00. The maximum Gasteiger partial charge on any atom is 0.0674 e. The number of rotatable bonds is 6. The predicted octanol–water partition coefficient (Wildman–Crippen LogP) is 2.01. The van der Waals surface area contributed by atoms with Gasteiger partial charge in [0, 0.05) is 24.2 Å². The van der Waals surface area contributed by atoms with Gasteiger partial charge in [0.25, 0.3) is 0 Å². The summed E-state index contributed by atoms with van der Waals surface area (Å²) < 4.78 is 5.71. The fourth-order valence-corrected chi connectivity index (χ4v) is 4.19. The van der Waals surface area contributed by atoms with Crippen LogP contribution in [-0.4, -0.2) is 60.0 Å². The Morgan fingerprint density at radius 3 is 2.81 bits per heavy atom. The lowest BCUT2D eigenvalue weighted by Crippen LogP contribution is -2.55. The minimum absolute atomic E-state index is 0.0463. The van der Waals surface area contributed by atoms with Crippen LogP contribution in [0, 0.1) is 5.92 Å². The number of ether oxygens (including phenoxy) is 1. The van der Waals surface area contributed by atoms with E-state index in [4.69, 9.17) is 4.74 Å². The number of morpholine rings is 1. The summed E-state index contributed by atoms with van der Waals surface area (Å²) in [7, 11) is 0. The standard InChI is InChI=1S/C17H34N2O2/c1-13(2)18-17(12-20)8-5-6-16(17)7-9-19-10-15(4)21-11-14(19)3/h13-16,18,20H,5-12H2,1-4H3. The number of hydrogen-bond donors (Lipinski definition) is 2. The molecule has 1 aliphatic carbocycles. The first-order valence-electron chi connectivity index (χ1n) is 8.71. The van der Waals surface area contributed by atoms with Gasteiger partial charge in [-0.05, 0) is 45.6 Å². The van der Waals surface area contributed by atoms with Gasteiger partial charge in [-0.3, -0.25) is 4.90 Å². The molecule has 1 saturated carbocycles. The van der Waals surface area contributed by atoms with Crippen molar-refractivity contribution in [1.29, 1.82) is 0 Å². The van der Waals surface area contributed by atoms with Gasteiger partial charge in [-0.15, -0.1) is 0 Å². The number of nitrogens with one attached hydrogen (secondary N) is 1. The van der Waals surface area contributed by atoms with E-state index in [2.05, 4.69) is 37.9 Å². The van der Waals surface area contributed by atoms with Crippen molar-refractivity contribution in [3.63, 3.8) is 0 Å². The van der Waals surface area contributed by atoms with E-state index in [-0.39, 0.29) is 12.1 Å². The number of aliphatic hydroxyl groups excluding tert-OH is 1. The lowest BCUT2D eigenvalue weighted by molar-refractivity contribution is -0.0521. The minimum Gasteiger partial charge on any atom is -0.394 e. The number of aliphatic hydroxyl groups is 1. The molecule has 21 heavy (non-hydrogen) atoms. The molecule has 4 unspecified atom stereocenters. The summed E-state index contributed by atoms with van der Waals surface area (Å²) in [6.45, 7) is 12.1. The van der Waals surface area contributed by atoms with E-state index >= 15 is 0 Å². The zero-order valence-electron chi connectivity index (χ0n) is 14.3. The van der Waals surface area contributed by atoms with Crippen molar-refractivity contribution < 1.29 is 9.84 Å². The second kappa shape index (κ2) is 7.40. The molecule has 4 nitrogen and oxygen atoms in total. The fraction of sp³-hybridized carbons (Fsp3) is 1.00. The highest BCUT2D eigenvalue weighted by atomic mass is 16.5. The van der Waals surface area contributed by atoms with Crippen molar-refractivity contribution in [3.05, 3.63) is 0 Å². The molecule has 2 aliphatic rings. The van der Waals surface area contributed by atoms with E-state index < -0.39 is 0 Å². The van der Waals surface area contributed by atoms with E-state index in [9.17, 15) is 5.11 Å². The normalized spacial score (nSPS) is 38.3. The molecule has 0 aromatic heterocycles. The Labute approximate surface area is 130 Å². The highest BCUT2D eigenvalue weighted by Gasteiger charge is 2.42. The van der Waals surface area contributed by atoms with Crippen LogP contribution in [0.25, 0.3) is 0 Å². The molecule has 1 heterocycles. The predicted molar refractivity (Wildman–Crippen MR) is 86.5 cm³/mol. The van der Waals surface area contributed by atoms with Gasteiger partial charge in [-0.25, -0.2) is 0 Å². The van der Waals surface area contributed by atoms with Crippen LogP contribution in [0.5, 0.6) is 0 Å². The zero-order valence-corrected chi connectivity index (χ0v) is 14.3.